The molecule has 0 saturated carbocycles. The number of carboxylic acids is 3. The lowest BCUT2D eigenvalue weighted by Gasteiger charge is -2.19. The minimum Gasteiger partial charge on any atom is -0.480 e. The second-order valence-corrected chi connectivity index (χ2v) is 17.6. The first kappa shape index (κ1) is 59.2. The molecule has 0 fully saturated rings. The third-order valence-corrected chi connectivity index (χ3v) is 11.8. The van der Waals surface area contributed by atoms with Crippen LogP contribution < -0.4 is 16.0 Å². The van der Waals surface area contributed by atoms with Crippen LogP contribution >= 0.6 is 0 Å². The van der Waals surface area contributed by atoms with Gasteiger partial charge < -0.3 is 36.1 Å². The van der Waals surface area contributed by atoms with Crippen molar-refractivity contribution in [2.24, 2.45) is 5.92 Å². The number of unbranched alkanes of at least 4 members (excludes halogenated alkanes) is 26. The molecule has 364 valence electrons. The fraction of sp³-hybridized carbons (Fsp3) is 0.837. The van der Waals surface area contributed by atoms with Crippen LogP contribution in [0.4, 0.5) is 0 Å². The first-order valence-corrected chi connectivity index (χ1v) is 24.9. The number of ketones is 1. The highest BCUT2D eigenvalue weighted by Gasteiger charge is 2.30. The van der Waals surface area contributed by atoms with E-state index in [-0.39, 0.29) is 32.0 Å². The van der Waals surface area contributed by atoms with Gasteiger partial charge in [0.1, 0.15) is 30.2 Å². The summed E-state index contributed by atoms with van der Waals surface area (Å²) in [6.07, 6.45) is 31.1. The molecule has 0 heterocycles. The number of rotatable bonds is 46. The Morgan fingerprint density at radius 2 is 0.651 bits per heavy atom. The fourth-order valence-electron chi connectivity index (χ4n) is 7.76. The topological polar surface area (TPSA) is 233 Å². The van der Waals surface area contributed by atoms with Gasteiger partial charge in [0.25, 0.3) is 0 Å². The summed E-state index contributed by atoms with van der Waals surface area (Å²) in [4.78, 5) is 98.0. The van der Waals surface area contributed by atoms with Gasteiger partial charge in [-0.25, -0.2) is 14.4 Å². The fourth-order valence-corrected chi connectivity index (χ4v) is 7.76. The molecule has 0 aliphatic heterocycles. The molecule has 14 nitrogen and oxygen atoms in total. The molecule has 14 heteroatoms. The number of hydrogen-bond acceptors (Lipinski definition) is 8. The number of hydrogen-bond donors (Lipinski definition) is 6. The lowest BCUT2D eigenvalue weighted by atomic mass is 9.93. The summed E-state index contributed by atoms with van der Waals surface area (Å²) in [5.41, 5.74) is 0. The summed E-state index contributed by atoms with van der Waals surface area (Å²) in [6.45, 7) is 4.44. The summed E-state index contributed by atoms with van der Waals surface area (Å²) in [5, 5.41) is 36.1. The van der Waals surface area contributed by atoms with Crippen molar-refractivity contribution in [2.75, 3.05) is 0 Å². The van der Waals surface area contributed by atoms with Gasteiger partial charge in [-0.3, -0.25) is 19.2 Å². The molecule has 0 saturated heterocycles. The minimum absolute atomic E-state index is 0.145. The van der Waals surface area contributed by atoms with Crippen molar-refractivity contribution < 1.29 is 53.7 Å². The molecule has 63 heavy (non-hydrogen) atoms. The number of Topliss-reactive ketones (excluding diaryl/α,β-unsaturated/α-hetero) is 1. The molecule has 0 aromatic rings. The molecule has 0 spiro atoms. The van der Waals surface area contributed by atoms with E-state index < -0.39 is 84.7 Å². The minimum atomic E-state index is -1.67. The normalized spacial score (nSPS) is 13.0. The highest BCUT2D eigenvalue weighted by Crippen LogP contribution is 2.16. The highest BCUT2D eigenvalue weighted by molar-refractivity contribution is 5.95. The Labute approximate surface area is 379 Å². The van der Waals surface area contributed by atoms with Crippen LogP contribution in [0.5, 0.6) is 0 Å². The average molecular weight is 894 g/mol. The summed E-state index contributed by atoms with van der Waals surface area (Å²) in [7, 11) is 0. The molecule has 1 unspecified atom stereocenters. The van der Waals surface area contributed by atoms with Crippen molar-refractivity contribution >= 4 is 47.7 Å². The van der Waals surface area contributed by atoms with Crippen LogP contribution in [0.2, 0.25) is 0 Å². The van der Waals surface area contributed by atoms with Crippen LogP contribution in [0.3, 0.4) is 0 Å². The van der Waals surface area contributed by atoms with Crippen molar-refractivity contribution in [3.63, 3.8) is 0 Å². The Morgan fingerprint density at radius 3 is 0.952 bits per heavy atom. The van der Waals surface area contributed by atoms with Crippen molar-refractivity contribution in [1.82, 2.24) is 16.0 Å². The maximum Gasteiger partial charge on any atom is 0.326 e. The zero-order valence-corrected chi connectivity index (χ0v) is 39.2. The van der Waals surface area contributed by atoms with Gasteiger partial charge in [0, 0.05) is 25.7 Å². The molecule has 0 aromatic carbocycles. The van der Waals surface area contributed by atoms with Gasteiger partial charge in [0.2, 0.25) is 17.7 Å². The molecular weight excluding hydrogens is 807 g/mol. The van der Waals surface area contributed by atoms with Crippen LogP contribution in [0, 0.1) is 5.92 Å². The smallest absolute Gasteiger partial charge is 0.326 e. The molecule has 6 N–H and O–H groups in total. The van der Waals surface area contributed by atoms with Gasteiger partial charge in [0.05, 0.1) is 5.92 Å². The van der Waals surface area contributed by atoms with Gasteiger partial charge >= 0.3 is 17.9 Å². The molecule has 0 aliphatic rings. The standard InChI is InChI=1S/C49H87N3O11/c1-3-5-7-9-11-13-15-17-18-20-22-24-25-27-29-31-44(55)50-40(47(58)59)33-35-43(54)39(38-53)37-42(49(62)63)52-46(57)36-34-41(48(60)61)51-45(56)32-30-28-26-23-21-19-16-14-12-10-8-6-4-2/h38-42H,3-37H2,1-2H3,(H,50,55)(H,51,56)(H,52,57)(H,58,59)(H,60,61)(H,62,63)/t39?,40-,41-,42-/m0/s1. The van der Waals surface area contributed by atoms with Gasteiger partial charge in [-0.2, -0.15) is 0 Å². The third-order valence-electron chi connectivity index (χ3n) is 11.8. The monoisotopic (exact) mass is 894 g/mol. The molecule has 3 amide bonds. The molecule has 0 radical (unpaired) electrons. The molecule has 0 rings (SSSR count). The van der Waals surface area contributed by atoms with Crippen molar-refractivity contribution in [1.29, 1.82) is 0 Å². The number of aliphatic carboxylic acids is 3. The van der Waals surface area contributed by atoms with Gasteiger partial charge in [-0.05, 0) is 32.1 Å². The first-order valence-electron chi connectivity index (χ1n) is 24.9. The quantitative estimate of drug-likeness (QED) is 0.0191. The summed E-state index contributed by atoms with van der Waals surface area (Å²) in [5.74, 6) is -8.20. The van der Waals surface area contributed by atoms with Gasteiger partial charge in [-0.15, -0.1) is 0 Å². The molecule has 0 aliphatic carbocycles. The van der Waals surface area contributed by atoms with Crippen LogP contribution in [0.1, 0.15) is 239 Å². The van der Waals surface area contributed by atoms with E-state index in [9.17, 15) is 53.7 Å². The Balaban J connectivity index is 4.50. The van der Waals surface area contributed by atoms with E-state index in [1.807, 2.05) is 0 Å². The Hall–Kier alpha value is -3.84. The van der Waals surface area contributed by atoms with E-state index in [1.165, 1.54) is 116 Å². The SMILES string of the molecule is CCCCCCCCCCCCCCCCCC(=O)N[C@@H](CCC(=O)C(C=O)C[C@H](NC(=O)CC[C@H](NC(=O)CCCCCCCCCCCCCCC)C(=O)O)C(=O)O)C(=O)O. The molecule has 4 atom stereocenters. The number of carbonyl (C=O) groups excluding carboxylic acids is 5. The summed E-state index contributed by atoms with van der Waals surface area (Å²) >= 11 is 0. The first-order chi connectivity index (χ1) is 30.4. The van der Waals surface area contributed by atoms with Crippen molar-refractivity contribution in [3.8, 4) is 0 Å². The van der Waals surface area contributed by atoms with Crippen molar-refractivity contribution in [3.05, 3.63) is 0 Å². The lowest BCUT2D eigenvalue weighted by molar-refractivity contribution is -0.144. The highest BCUT2D eigenvalue weighted by atomic mass is 16.4. The van der Waals surface area contributed by atoms with E-state index in [4.69, 9.17) is 0 Å². The Kier molecular flexibility index (Phi) is 38.4. The van der Waals surface area contributed by atoms with Crippen LogP contribution in [0.15, 0.2) is 0 Å². The summed E-state index contributed by atoms with van der Waals surface area (Å²) in [6, 6.07) is -4.42. The second kappa shape index (κ2) is 40.9. The van der Waals surface area contributed by atoms with Gasteiger partial charge in [0.15, 0.2) is 0 Å². The number of aldehydes is 1. The van der Waals surface area contributed by atoms with E-state index in [2.05, 4.69) is 29.8 Å². The van der Waals surface area contributed by atoms with E-state index in [0.717, 1.165) is 51.4 Å². The Bertz CT molecular complexity index is 1280. The van der Waals surface area contributed by atoms with E-state index >= 15 is 0 Å². The largest absolute Gasteiger partial charge is 0.480 e. The van der Waals surface area contributed by atoms with Gasteiger partial charge in [-0.1, -0.05) is 181 Å². The maximum atomic E-state index is 12.9. The predicted molar refractivity (Wildman–Crippen MR) is 246 cm³/mol. The molecule has 0 bridgehead atoms. The van der Waals surface area contributed by atoms with Crippen LogP contribution in [-0.2, 0) is 38.4 Å². The number of carbonyl (C=O) groups is 8. The predicted octanol–water partition coefficient (Wildman–Crippen LogP) is 9.77. The Morgan fingerprint density at radius 1 is 0.381 bits per heavy atom. The molecule has 0 aromatic heterocycles. The van der Waals surface area contributed by atoms with Crippen molar-refractivity contribution in [2.45, 2.75) is 257 Å². The zero-order valence-electron chi connectivity index (χ0n) is 39.2. The summed E-state index contributed by atoms with van der Waals surface area (Å²) < 4.78 is 0. The van der Waals surface area contributed by atoms with E-state index in [0.29, 0.717) is 12.8 Å². The number of nitrogens with one attached hydrogen (secondary N) is 3. The second-order valence-electron chi connectivity index (χ2n) is 17.6. The average Bonchev–Trinajstić information content (AvgIpc) is 3.24. The van der Waals surface area contributed by atoms with Crippen LogP contribution in [-0.4, -0.2) is 81.1 Å². The number of carboxylic acid groups (broad SMARTS) is 3. The maximum absolute atomic E-state index is 12.9. The lowest BCUT2D eigenvalue weighted by Crippen LogP contribution is -2.45. The van der Waals surface area contributed by atoms with Crippen LogP contribution in [0.25, 0.3) is 0 Å². The zero-order chi connectivity index (χ0) is 46.9. The third kappa shape index (κ3) is 35.2. The number of amides is 3. The molecular formula is C49H87N3O11. The van der Waals surface area contributed by atoms with E-state index in [1.54, 1.807) is 0 Å².